The highest BCUT2D eigenvalue weighted by Crippen LogP contribution is 2.35. The van der Waals surface area contributed by atoms with Crippen LogP contribution in [0.15, 0.2) is 24.3 Å². The third kappa shape index (κ3) is 5.16. The highest BCUT2D eigenvalue weighted by Gasteiger charge is 2.42. The third-order valence-corrected chi connectivity index (χ3v) is 6.80. The molecule has 156 valence electrons. The number of hydrogen-bond donors (Lipinski definition) is 1. The number of para-hydroxylation sites is 1. The maximum absolute atomic E-state index is 13.0. The maximum Gasteiger partial charge on any atom is 0.419 e. The summed E-state index contributed by atoms with van der Waals surface area (Å²) >= 11 is 0. The van der Waals surface area contributed by atoms with Crippen molar-refractivity contribution in [2.24, 2.45) is 0 Å². The molecular formula is C18H23F3N2O4S. The first kappa shape index (κ1) is 20.9. The van der Waals surface area contributed by atoms with Gasteiger partial charge >= 0.3 is 6.18 Å². The van der Waals surface area contributed by atoms with E-state index in [0.717, 1.165) is 44.5 Å². The smallest absolute Gasteiger partial charge is 0.419 e. The van der Waals surface area contributed by atoms with Gasteiger partial charge in [0.25, 0.3) is 5.91 Å². The van der Waals surface area contributed by atoms with E-state index in [0.29, 0.717) is 0 Å². The number of benzene rings is 1. The molecule has 0 bridgehead atoms. The average Bonchev–Trinajstić information content (AvgIpc) is 2.94. The molecule has 0 radical (unpaired) electrons. The molecule has 28 heavy (non-hydrogen) atoms. The Bertz CT molecular complexity index is 807. The van der Waals surface area contributed by atoms with Crippen LogP contribution < -0.4 is 10.1 Å². The summed E-state index contributed by atoms with van der Waals surface area (Å²) in [6.07, 6.45) is -1.53. The number of carbonyl (C=O) groups excluding carboxylic acids is 1. The predicted octanol–water partition coefficient (Wildman–Crippen LogP) is 1.85. The fourth-order valence-corrected chi connectivity index (χ4v) is 5.75. The van der Waals surface area contributed by atoms with Gasteiger partial charge in [0.15, 0.2) is 16.4 Å². The summed E-state index contributed by atoms with van der Waals surface area (Å²) < 4.78 is 68.2. The molecule has 10 heteroatoms. The van der Waals surface area contributed by atoms with Crippen LogP contribution in [-0.4, -0.2) is 62.5 Å². The minimum atomic E-state index is -4.59. The van der Waals surface area contributed by atoms with Gasteiger partial charge in [-0.1, -0.05) is 18.6 Å². The third-order valence-electron chi connectivity index (χ3n) is 5.08. The standard InChI is InChI=1S/C18H23F3N2O4S/c19-18(20,21)13-6-2-3-7-16(13)27-10-17(24)22-14-11-28(25,26)12-15(14)23-8-4-1-5-9-23/h2-3,6-7,14-15H,1,4-5,8-12H2,(H,22,24). The second-order valence-corrected chi connectivity index (χ2v) is 9.35. The van der Waals surface area contributed by atoms with Crippen LogP contribution in [-0.2, 0) is 20.8 Å². The Hall–Kier alpha value is -1.81. The zero-order valence-corrected chi connectivity index (χ0v) is 16.1. The average molecular weight is 420 g/mol. The highest BCUT2D eigenvalue weighted by atomic mass is 32.2. The monoisotopic (exact) mass is 420 g/mol. The van der Waals surface area contributed by atoms with Gasteiger partial charge in [-0.2, -0.15) is 13.2 Å². The number of amides is 1. The van der Waals surface area contributed by atoms with Gasteiger partial charge in [-0.25, -0.2) is 8.42 Å². The van der Waals surface area contributed by atoms with Crippen molar-refractivity contribution in [3.05, 3.63) is 29.8 Å². The van der Waals surface area contributed by atoms with Crippen LogP contribution in [0.25, 0.3) is 0 Å². The number of piperidine rings is 1. The number of hydrogen-bond acceptors (Lipinski definition) is 5. The van der Waals surface area contributed by atoms with Crippen LogP contribution in [0.2, 0.25) is 0 Å². The molecule has 3 rings (SSSR count). The van der Waals surface area contributed by atoms with Gasteiger partial charge in [-0.15, -0.1) is 0 Å². The van der Waals surface area contributed by atoms with E-state index in [4.69, 9.17) is 4.74 Å². The molecule has 2 saturated heterocycles. The van der Waals surface area contributed by atoms with Crippen molar-refractivity contribution in [3.63, 3.8) is 0 Å². The van der Waals surface area contributed by atoms with Gasteiger partial charge in [0.2, 0.25) is 0 Å². The van der Waals surface area contributed by atoms with Crippen LogP contribution in [0.5, 0.6) is 5.75 Å². The number of ether oxygens (including phenoxy) is 1. The zero-order valence-electron chi connectivity index (χ0n) is 15.2. The Labute approximate surface area is 162 Å². The summed E-state index contributed by atoms with van der Waals surface area (Å²) in [5, 5.41) is 2.64. The van der Waals surface area contributed by atoms with E-state index < -0.39 is 45.9 Å². The summed E-state index contributed by atoms with van der Waals surface area (Å²) in [5.74, 6) is -1.26. The number of halogens is 3. The van der Waals surface area contributed by atoms with Crippen molar-refractivity contribution >= 4 is 15.7 Å². The molecule has 2 heterocycles. The Balaban J connectivity index is 1.62. The summed E-state index contributed by atoms with van der Waals surface area (Å²) in [6.45, 7) is 0.945. The molecule has 0 aliphatic carbocycles. The van der Waals surface area contributed by atoms with Crippen molar-refractivity contribution in [1.29, 1.82) is 0 Å². The second-order valence-electron chi connectivity index (χ2n) is 7.20. The van der Waals surface area contributed by atoms with Crippen LogP contribution >= 0.6 is 0 Å². The molecule has 2 aliphatic heterocycles. The Kier molecular flexibility index (Phi) is 6.18. The minimum absolute atomic E-state index is 0.0181. The molecule has 2 fully saturated rings. The van der Waals surface area contributed by atoms with E-state index in [2.05, 4.69) is 10.2 Å². The largest absolute Gasteiger partial charge is 0.483 e. The van der Waals surface area contributed by atoms with E-state index in [-0.39, 0.29) is 17.5 Å². The lowest BCUT2D eigenvalue weighted by atomic mass is 10.0. The van der Waals surface area contributed by atoms with E-state index in [9.17, 15) is 26.4 Å². The number of nitrogens with zero attached hydrogens (tertiary/aromatic N) is 1. The van der Waals surface area contributed by atoms with Gasteiger partial charge < -0.3 is 10.1 Å². The molecule has 0 aromatic heterocycles. The van der Waals surface area contributed by atoms with Crippen LogP contribution in [0.4, 0.5) is 13.2 Å². The van der Waals surface area contributed by atoms with Crippen molar-refractivity contribution in [3.8, 4) is 5.75 Å². The molecule has 1 N–H and O–H groups in total. The van der Waals surface area contributed by atoms with Crippen molar-refractivity contribution in [2.75, 3.05) is 31.2 Å². The van der Waals surface area contributed by atoms with Crippen molar-refractivity contribution in [1.82, 2.24) is 10.2 Å². The highest BCUT2D eigenvalue weighted by molar-refractivity contribution is 7.91. The van der Waals surface area contributed by atoms with Gasteiger partial charge in [0.1, 0.15) is 5.75 Å². The van der Waals surface area contributed by atoms with Gasteiger partial charge in [-0.3, -0.25) is 9.69 Å². The molecule has 0 saturated carbocycles. The molecule has 0 spiro atoms. The molecule has 2 aliphatic rings. The van der Waals surface area contributed by atoms with Gasteiger partial charge in [0, 0.05) is 6.04 Å². The SMILES string of the molecule is O=C(COc1ccccc1C(F)(F)F)NC1CS(=O)(=O)CC1N1CCCCC1. The number of rotatable bonds is 5. The number of carbonyl (C=O) groups is 1. The lowest BCUT2D eigenvalue weighted by molar-refractivity contribution is -0.139. The van der Waals surface area contributed by atoms with Gasteiger partial charge in [0.05, 0.1) is 23.1 Å². The number of alkyl halides is 3. The number of likely N-dealkylation sites (tertiary alicyclic amines) is 1. The lowest BCUT2D eigenvalue weighted by Gasteiger charge is -2.35. The molecule has 2 unspecified atom stereocenters. The minimum Gasteiger partial charge on any atom is -0.483 e. The summed E-state index contributed by atoms with van der Waals surface area (Å²) in [5.41, 5.74) is -0.961. The van der Waals surface area contributed by atoms with Gasteiger partial charge in [-0.05, 0) is 38.1 Å². The van der Waals surface area contributed by atoms with Crippen molar-refractivity contribution < 1.29 is 31.1 Å². The maximum atomic E-state index is 13.0. The Morgan fingerprint density at radius 1 is 1.14 bits per heavy atom. The first-order valence-corrected chi connectivity index (χ1v) is 11.0. The fourth-order valence-electron chi connectivity index (χ4n) is 3.80. The van der Waals surface area contributed by atoms with E-state index >= 15 is 0 Å². The zero-order chi connectivity index (χ0) is 20.4. The van der Waals surface area contributed by atoms with Crippen LogP contribution in [0.1, 0.15) is 24.8 Å². The quantitative estimate of drug-likeness (QED) is 0.787. The van der Waals surface area contributed by atoms with E-state index in [1.54, 1.807) is 0 Å². The second kappa shape index (κ2) is 8.28. The molecule has 6 nitrogen and oxygen atoms in total. The molecule has 1 amide bonds. The first-order valence-electron chi connectivity index (χ1n) is 9.18. The molecule has 1 aromatic carbocycles. The van der Waals surface area contributed by atoms with E-state index in [1.165, 1.54) is 12.1 Å². The van der Waals surface area contributed by atoms with Crippen molar-refractivity contribution in [2.45, 2.75) is 37.5 Å². The predicted molar refractivity (Wildman–Crippen MR) is 96.7 cm³/mol. The normalized spacial score (nSPS) is 25.4. The van der Waals surface area contributed by atoms with Crippen LogP contribution in [0, 0.1) is 0 Å². The lowest BCUT2D eigenvalue weighted by Crippen LogP contribution is -2.53. The molecule has 1 aromatic rings. The topological polar surface area (TPSA) is 75.7 Å². The summed E-state index contributed by atoms with van der Waals surface area (Å²) in [7, 11) is -3.28. The molecule has 2 atom stereocenters. The first-order chi connectivity index (χ1) is 13.2. The molecular weight excluding hydrogens is 397 g/mol. The fraction of sp³-hybridized carbons (Fsp3) is 0.611. The van der Waals surface area contributed by atoms with Crippen LogP contribution in [0.3, 0.4) is 0 Å². The Morgan fingerprint density at radius 3 is 2.50 bits per heavy atom. The summed E-state index contributed by atoms with van der Waals surface area (Å²) in [6, 6.07) is 3.75. The number of nitrogens with one attached hydrogen (secondary N) is 1. The number of sulfone groups is 1. The summed E-state index contributed by atoms with van der Waals surface area (Å²) in [4.78, 5) is 14.3. The Morgan fingerprint density at radius 2 is 1.82 bits per heavy atom. The van der Waals surface area contributed by atoms with E-state index in [1.807, 2.05) is 0 Å².